The van der Waals surface area contributed by atoms with Gasteiger partial charge in [-0.3, -0.25) is 0 Å². The fourth-order valence-corrected chi connectivity index (χ4v) is 2.95. The van der Waals surface area contributed by atoms with Crippen LogP contribution in [0.5, 0.6) is 0 Å². The number of nitrogens with one attached hydrogen (secondary N) is 2. The van der Waals surface area contributed by atoms with E-state index in [1.807, 2.05) is 0 Å². The first-order valence-electron chi connectivity index (χ1n) is 7.36. The number of anilines is 1. The Hall–Kier alpha value is -1.80. The zero-order valence-corrected chi connectivity index (χ0v) is 14.6. The highest BCUT2D eigenvalue weighted by Crippen LogP contribution is 2.09. The summed E-state index contributed by atoms with van der Waals surface area (Å²) in [5, 5.41) is 2.57. The first-order valence-corrected chi connectivity index (χ1v) is 9.01. The molecule has 0 aliphatic carbocycles. The van der Waals surface area contributed by atoms with E-state index in [0.717, 1.165) is 0 Å². The molecule has 0 aromatic heterocycles. The lowest BCUT2D eigenvalue weighted by molar-refractivity contribution is 0.0527. The van der Waals surface area contributed by atoms with Crippen molar-refractivity contribution >= 4 is 21.8 Å². The van der Waals surface area contributed by atoms with Crippen LogP contribution < -0.4 is 15.8 Å². The summed E-state index contributed by atoms with van der Waals surface area (Å²) < 4.78 is 31.4. The first kappa shape index (κ1) is 19.2. The number of alkyl carbamates (subject to hydrolysis) is 1. The van der Waals surface area contributed by atoms with Gasteiger partial charge < -0.3 is 15.8 Å². The molecule has 23 heavy (non-hydrogen) atoms. The van der Waals surface area contributed by atoms with E-state index < -0.39 is 21.7 Å². The molecule has 8 heteroatoms. The monoisotopic (exact) mass is 343 g/mol. The second kappa shape index (κ2) is 8.16. The Bertz CT molecular complexity index is 624. The second-order valence-corrected chi connectivity index (χ2v) is 7.99. The summed E-state index contributed by atoms with van der Waals surface area (Å²) in [4.78, 5) is 11.4. The van der Waals surface area contributed by atoms with Gasteiger partial charge in [0.15, 0.2) is 0 Å². The lowest BCUT2D eigenvalue weighted by atomic mass is 10.2. The average molecular weight is 343 g/mol. The molecule has 0 saturated heterocycles. The number of hydrogen-bond acceptors (Lipinski definition) is 5. The van der Waals surface area contributed by atoms with Gasteiger partial charge >= 0.3 is 6.09 Å². The Morgan fingerprint density at radius 3 is 2.57 bits per heavy atom. The number of hydrogen-bond donors (Lipinski definition) is 3. The van der Waals surface area contributed by atoms with Crippen LogP contribution in [0.2, 0.25) is 0 Å². The molecule has 0 fully saturated rings. The predicted molar refractivity (Wildman–Crippen MR) is 90.3 cm³/mol. The molecular weight excluding hydrogens is 318 g/mol. The van der Waals surface area contributed by atoms with Crippen LogP contribution in [0.3, 0.4) is 0 Å². The quantitative estimate of drug-likeness (QED) is 0.514. The summed E-state index contributed by atoms with van der Waals surface area (Å²) in [6.07, 6.45) is -0.0461. The molecule has 130 valence electrons. The van der Waals surface area contributed by atoms with Gasteiger partial charge in [-0.2, -0.15) is 0 Å². The van der Waals surface area contributed by atoms with Crippen LogP contribution in [0.4, 0.5) is 10.5 Å². The fraction of sp³-hybridized carbons (Fsp3) is 0.533. The number of rotatable bonds is 7. The maximum atomic E-state index is 11.9. The summed E-state index contributed by atoms with van der Waals surface area (Å²) in [6, 6.07) is 6.75. The van der Waals surface area contributed by atoms with Crippen molar-refractivity contribution in [1.29, 1.82) is 0 Å². The van der Waals surface area contributed by atoms with Crippen LogP contribution in [-0.4, -0.2) is 33.2 Å². The van der Waals surface area contributed by atoms with Crippen LogP contribution in [0, 0.1) is 0 Å². The van der Waals surface area contributed by atoms with E-state index in [1.54, 1.807) is 45.0 Å². The van der Waals surface area contributed by atoms with Crippen LogP contribution in [0.15, 0.2) is 24.3 Å². The van der Waals surface area contributed by atoms with Gasteiger partial charge in [0.05, 0.1) is 5.75 Å². The van der Waals surface area contributed by atoms with E-state index >= 15 is 0 Å². The largest absolute Gasteiger partial charge is 0.444 e. The van der Waals surface area contributed by atoms with Crippen molar-refractivity contribution in [2.24, 2.45) is 0 Å². The Labute approximate surface area is 137 Å². The summed E-state index contributed by atoms with van der Waals surface area (Å²) in [5.41, 5.74) is 6.23. The predicted octanol–water partition coefficient (Wildman–Crippen LogP) is 1.60. The number of amides is 1. The number of benzene rings is 1. The van der Waals surface area contributed by atoms with Gasteiger partial charge in [-0.15, -0.1) is 0 Å². The average Bonchev–Trinajstić information content (AvgIpc) is 2.35. The van der Waals surface area contributed by atoms with Crippen LogP contribution >= 0.6 is 0 Å². The normalized spacial score (nSPS) is 12.0. The molecule has 1 aromatic rings. The minimum absolute atomic E-state index is 0.127. The molecule has 0 atom stereocenters. The standard InChI is InChI=1S/C15H25N3O4S/c1-15(2,3)22-14(19)17-8-5-9-18-23(20,21)11-12-6-4-7-13(16)10-12/h4,6-7,10,18H,5,8-9,11,16H2,1-3H3,(H,17,19). The zero-order valence-electron chi connectivity index (χ0n) is 13.8. The van der Waals surface area contributed by atoms with Gasteiger partial charge in [-0.05, 0) is 44.9 Å². The molecule has 0 spiro atoms. The molecule has 1 amide bonds. The maximum Gasteiger partial charge on any atom is 0.407 e. The molecule has 0 unspecified atom stereocenters. The van der Waals surface area contributed by atoms with Crippen LogP contribution in [0.1, 0.15) is 32.8 Å². The van der Waals surface area contributed by atoms with Crippen molar-refractivity contribution in [3.05, 3.63) is 29.8 Å². The van der Waals surface area contributed by atoms with Crippen molar-refractivity contribution in [1.82, 2.24) is 10.0 Å². The molecule has 1 rings (SSSR count). The lowest BCUT2D eigenvalue weighted by Gasteiger charge is -2.19. The number of ether oxygens (including phenoxy) is 1. The van der Waals surface area contributed by atoms with Crippen molar-refractivity contribution < 1.29 is 17.9 Å². The highest BCUT2D eigenvalue weighted by atomic mass is 32.2. The van der Waals surface area contributed by atoms with E-state index in [9.17, 15) is 13.2 Å². The van der Waals surface area contributed by atoms with Crippen molar-refractivity contribution in [3.8, 4) is 0 Å². The summed E-state index contributed by atoms with van der Waals surface area (Å²) in [6.45, 7) is 5.89. The van der Waals surface area contributed by atoms with E-state index in [-0.39, 0.29) is 12.3 Å². The number of nitrogen functional groups attached to an aromatic ring is 1. The molecule has 7 nitrogen and oxygen atoms in total. The molecule has 0 bridgehead atoms. The van der Waals surface area contributed by atoms with Crippen molar-refractivity contribution in [3.63, 3.8) is 0 Å². The van der Waals surface area contributed by atoms with Crippen molar-refractivity contribution in [2.45, 2.75) is 38.5 Å². The third-order valence-corrected chi connectivity index (χ3v) is 4.01. The van der Waals surface area contributed by atoms with Crippen LogP contribution in [-0.2, 0) is 20.5 Å². The molecule has 0 aliphatic rings. The van der Waals surface area contributed by atoms with E-state index in [0.29, 0.717) is 24.2 Å². The molecule has 1 aromatic carbocycles. The summed E-state index contributed by atoms with van der Waals surface area (Å²) in [7, 11) is -3.43. The van der Waals surface area contributed by atoms with Gasteiger partial charge in [0.2, 0.25) is 10.0 Å². The Morgan fingerprint density at radius 2 is 1.96 bits per heavy atom. The highest BCUT2D eigenvalue weighted by molar-refractivity contribution is 7.88. The minimum Gasteiger partial charge on any atom is -0.444 e. The third kappa shape index (κ3) is 9.04. The van der Waals surface area contributed by atoms with E-state index in [1.165, 1.54) is 0 Å². The SMILES string of the molecule is CC(C)(C)OC(=O)NCCCNS(=O)(=O)Cc1cccc(N)c1. The zero-order chi connectivity index (χ0) is 17.5. The van der Waals surface area contributed by atoms with Crippen molar-refractivity contribution in [2.75, 3.05) is 18.8 Å². The van der Waals surface area contributed by atoms with Gasteiger partial charge in [-0.1, -0.05) is 12.1 Å². The maximum absolute atomic E-state index is 11.9. The number of nitrogens with two attached hydrogens (primary N) is 1. The van der Waals surface area contributed by atoms with Gasteiger partial charge in [-0.25, -0.2) is 17.9 Å². The fourth-order valence-electron chi connectivity index (χ4n) is 1.77. The topological polar surface area (TPSA) is 111 Å². The van der Waals surface area contributed by atoms with Gasteiger partial charge in [0.1, 0.15) is 5.60 Å². The highest BCUT2D eigenvalue weighted by Gasteiger charge is 2.15. The molecule has 0 aliphatic heterocycles. The van der Waals surface area contributed by atoms with Gasteiger partial charge in [0, 0.05) is 18.8 Å². The Kier molecular flexibility index (Phi) is 6.83. The molecular formula is C15H25N3O4S. The molecule has 0 radical (unpaired) electrons. The van der Waals surface area contributed by atoms with Crippen LogP contribution in [0.25, 0.3) is 0 Å². The number of carbonyl (C=O) groups excluding carboxylic acids is 1. The lowest BCUT2D eigenvalue weighted by Crippen LogP contribution is -2.34. The van der Waals surface area contributed by atoms with E-state index in [2.05, 4.69) is 10.0 Å². The minimum atomic E-state index is -3.43. The first-order chi connectivity index (χ1) is 10.6. The van der Waals surface area contributed by atoms with Gasteiger partial charge in [0.25, 0.3) is 0 Å². The Balaban J connectivity index is 2.28. The number of sulfonamides is 1. The summed E-state index contributed by atoms with van der Waals surface area (Å²) >= 11 is 0. The molecule has 0 saturated carbocycles. The smallest absolute Gasteiger partial charge is 0.407 e. The molecule has 0 heterocycles. The third-order valence-electron chi connectivity index (χ3n) is 2.65. The molecule has 4 N–H and O–H groups in total. The second-order valence-electron chi connectivity index (χ2n) is 6.18. The number of carbonyl (C=O) groups is 1. The Morgan fingerprint density at radius 1 is 1.26 bits per heavy atom. The summed E-state index contributed by atoms with van der Waals surface area (Å²) in [5.74, 6) is -0.127. The van der Waals surface area contributed by atoms with E-state index in [4.69, 9.17) is 10.5 Å².